The number of anilines is 2. The molecule has 1 rings (SSSR count). The van der Waals surface area contributed by atoms with Crippen molar-refractivity contribution in [3.8, 4) is 6.07 Å². The number of nitrogens with two attached hydrogens (primary N) is 1. The molecule has 1 aromatic rings. The fourth-order valence-electron chi connectivity index (χ4n) is 1.86. The smallest absolute Gasteiger partial charge is 0.238 e. The zero-order valence-electron chi connectivity index (χ0n) is 12.3. The molecule has 5 heteroatoms. The third kappa shape index (κ3) is 4.90. The van der Waals surface area contributed by atoms with Gasteiger partial charge in [0.1, 0.15) is 0 Å². The van der Waals surface area contributed by atoms with Crippen LogP contribution >= 0.6 is 0 Å². The van der Waals surface area contributed by atoms with Crippen molar-refractivity contribution in [1.82, 2.24) is 4.90 Å². The van der Waals surface area contributed by atoms with Crippen molar-refractivity contribution in [2.24, 2.45) is 0 Å². The van der Waals surface area contributed by atoms with E-state index in [4.69, 9.17) is 11.0 Å². The highest BCUT2D eigenvalue weighted by atomic mass is 16.2. The van der Waals surface area contributed by atoms with Gasteiger partial charge in [0.25, 0.3) is 0 Å². The lowest BCUT2D eigenvalue weighted by Gasteiger charge is -2.24. The Labute approximate surface area is 120 Å². The molecular formula is C15H22N4O. The highest BCUT2D eigenvalue weighted by Crippen LogP contribution is 2.18. The number of carbonyl (C=O) groups excluding carboxylic acids is 1. The van der Waals surface area contributed by atoms with Crippen LogP contribution in [0.3, 0.4) is 0 Å². The van der Waals surface area contributed by atoms with E-state index in [-0.39, 0.29) is 18.5 Å². The first-order chi connectivity index (χ1) is 9.43. The fraction of sp³-hybridized carbons (Fsp3) is 0.467. The number of hydrogen-bond acceptors (Lipinski definition) is 4. The average Bonchev–Trinajstić information content (AvgIpc) is 2.38. The van der Waals surface area contributed by atoms with Gasteiger partial charge in [0.2, 0.25) is 5.91 Å². The molecule has 0 atom stereocenters. The minimum absolute atomic E-state index is 0.0923. The Balaban J connectivity index is 2.66. The number of hydrogen-bond donors (Lipinski definition) is 2. The molecule has 5 nitrogen and oxygen atoms in total. The molecule has 0 saturated carbocycles. The van der Waals surface area contributed by atoms with E-state index in [1.165, 1.54) is 0 Å². The third-order valence-corrected chi connectivity index (χ3v) is 3.12. The number of nitrogen functional groups attached to an aromatic ring is 1. The molecule has 0 spiro atoms. The van der Waals surface area contributed by atoms with Crippen LogP contribution in [-0.2, 0) is 4.79 Å². The van der Waals surface area contributed by atoms with E-state index in [0.29, 0.717) is 18.7 Å². The number of benzene rings is 1. The number of amides is 1. The summed E-state index contributed by atoms with van der Waals surface area (Å²) in [6.45, 7) is 6.81. The van der Waals surface area contributed by atoms with Crippen molar-refractivity contribution in [2.45, 2.75) is 33.2 Å². The second kappa shape index (κ2) is 7.51. The summed E-state index contributed by atoms with van der Waals surface area (Å²) in [5, 5.41) is 11.5. The highest BCUT2D eigenvalue weighted by molar-refractivity contribution is 5.93. The van der Waals surface area contributed by atoms with Crippen LogP contribution < -0.4 is 11.1 Å². The molecule has 0 aromatic heterocycles. The van der Waals surface area contributed by atoms with Crippen LogP contribution in [0.15, 0.2) is 18.2 Å². The summed E-state index contributed by atoms with van der Waals surface area (Å²) in [6.07, 6.45) is 0.419. The van der Waals surface area contributed by atoms with Gasteiger partial charge in [-0.15, -0.1) is 0 Å². The van der Waals surface area contributed by atoms with Crippen LogP contribution in [0.25, 0.3) is 0 Å². The Morgan fingerprint density at radius 3 is 2.80 bits per heavy atom. The molecule has 0 aliphatic rings. The van der Waals surface area contributed by atoms with Crippen molar-refractivity contribution in [1.29, 1.82) is 5.26 Å². The largest absolute Gasteiger partial charge is 0.399 e. The standard InChI is InChI=1S/C15H22N4O/c1-11(2)19(8-4-7-16)10-15(20)18-14-9-13(17)6-5-12(14)3/h5-6,9,11H,4,8,10,17H2,1-3H3,(H,18,20). The molecule has 3 N–H and O–H groups in total. The molecule has 20 heavy (non-hydrogen) atoms. The number of nitriles is 1. The Hall–Kier alpha value is -2.06. The van der Waals surface area contributed by atoms with Gasteiger partial charge in [0, 0.05) is 30.4 Å². The molecule has 0 bridgehead atoms. The van der Waals surface area contributed by atoms with Gasteiger partial charge in [-0.2, -0.15) is 5.26 Å². The van der Waals surface area contributed by atoms with Gasteiger partial charge in [-0.1, -0.05) is 6.07 Å². The maximum atomic E-state index is 12.1. The van der Waals surface area contributed by atoms with Crippen molar-refractivity contribution < 1.29 is 4.79 Å². The average molecular weight is 274 g/mol. The summed E-state index contributed by atoms with van der Waals surface area (Å²) in [6, 6.07) is 7.75. The van der Waals surface area contributed by atoms with Gasteiger partial charge in [0.05, 0.1) is 12.6 Å². The molecular weight excluding hydrogens is 252 g/mol. The highest BCUT2D eigenvalue weighted by Gasteiger charge is 2.14. The maximum Gasteiger partial charge on any atom is 0.238 e. The number of aryl methyl sites for hydroxylation is 1. The van der Waals surface area contributed by atoms with Gasteiger partial charge in [0.15, 0.2) is 0 Å². The molecule has 0 aliphatic heterocycles. The van der Waals surface area contributed by atoms with Gasteiger partial charge >= 0.3 is 0 Å². The lowest BCUT2D eigenvalue weighted by atomic mass is 10.2. The molecule has 0 heterocycles. The second-order valence-electron chi connectivity index (χ2n) is 5.09. The molecule has 0 radical (unpaired) electrons. The van der Waals surface area contributed by atoms with E-state index in [1.54, 1.807) is 12.1 Å². The lowest BCUT2D eigenvalue weighted by Crippen LogP contribution is -2.38. The fourth-order valence-corrected chi connectivity index (χ4v) is 1.86. The van der Waals surface area contributed by atoms with Crippen molar-refractivity contribution in [3.05, 3.63) is 23.8 Å². The maximum absolute atomic E-state index is 12.1. The monoisotopic (exact) mass is 274 g/mol. The van der Waals surface area contributed by atoms with Crippen LogP contribution in [0.1, 0.15) is 25.8 Å². The molecule has 1 aromatic carbocycles. The quantitative estimate of drug-likeness (QED) is 0.779. The van der Waals surface area contributed by atoms with E-state index < -0.39 is 0 Å². The van der Waals surface area contributed by atoms with Crippen LogP contribution in [-0.4, -0.2) is 29.9 Å². The predicted molar refractivity (Wildman–Crippen MR) is 81.2 cm³/mol. The molecule has 108 valence electrons. The summed E-state index contributed by atoms with van der Waals surface area (Å²) in [7, 11) is 0. The summed E-state index contributed by atoms with van der Waals surface area (Å²) >= 11 is 0. The Morgan fingerprint density at radius 1 is 1.50 bits per heavy atom. The zero-order chi connectivity index (χ0) is 15.1. The summed E-state index contributed by atoms with van der Waals surface area (Å²) in [5.41, 5.74) is 8.05. The molecule has 0 unspecified atom stereocenters. The van der Waals surface area contributed by atoms with E-state index in [9.17, 15) is 4.79 Å². The summed E-state index contributed by atoms with van der Waals surface area (Å²) in [5.74, 6) is -0.0923. The van der Waals surface area contributed by atoms with Crippen LogP contribution in [0.2, 0.25) is 0 Å². The van der Waals surface area contributed by atoms with Crippen molar-refractivity contribution in [2.75, 3.05) is 24.1 Å². The molecule has 1 amide bonds. The molecule has 0 saturated heterocycles. The summed E-state index contributed by atoms with van der Waals surface area (Å²) < 4.78 is 0. The SMILES string of the molecule is Cc1ccc(N)cc1NC(=O)CN(CCC#N)C(C)C. The van der Waals surface area contributed by atoms with Gasteiger partial charge < -0.3 is 11.1 Å². The Morgan fingerprint density at radius 2 is 2.20 bits per heavy atom. The van der Waals surface area contributed by atoms with Gasteiger partial charge in [-0.3, -0.25) is 9.69 Å². The zero-order valence-corrected chi connectivity index (χ0v) is 12.3. The Bertz CT molecular complexity index is 505. The third-order valence-electron chi connectivity index (χ3n) is 3.12. The number of rotatable bonds is 6. The number of nitrogens with zero attached hydrogens (tertiary/aromatic N) is 2. The van der Waals surface area contributed by atoms with Gasteiger partial charge in [-0.25, -0.2) is 0 Å². The first-order valence-electron chi connectivity index (χ1n) is 6.71. The summed E-state index contributed by atoms with van der Waals surface area (Å²) in [4.78, 5) is 14.0. The number of carbonyl (C=O) groups is 1. The first-order valence-corrected chi connectivity index (χ1v) is 6.71. The number of nitrogens with one attached hydrogen (secondary N) is 1. The normalized spacial score (nSPS) is 10.6. The van der Waals surface area contributed by atoms with Gasteiger partial charge in [-0.05, 0) is 38.5 Å². The second-order valence-corrected chi connectivity index (χ2v) is 5.09. The van der Waals surface area contributed by atoms with E-state index in [0.717, 1.165) is 11.3 Å². The van der Waals surface area contributed by atoms with Crippen molar-refractivity contribution >= 4 is 17.3 Å². The van der Waals surface area contributed by atoms with Crippen LogP contribution in [0.4, 0.5) is 11.4 Å². The minimum atomic E-state index is -0.0923. The van der Waals surface area contributed by atoms with E-state index in [1.807, 2.05) is 31.7 Å². The van der Waals surface area contributed by atoms with E-state index >= 15 is 0 Å². The predicted octanol–water partition coefficient (Wildman–Crippen LogP) is 2.14. The van der Waals surface area contributed by atoms with Crippen molar-refractivity contribution in [3.63, 3.8) is 0 Å². The topological polar surface area (TPSA) is 82.2 Å². The molecule has 0 aliphatic carbocycles. The first kappa shape index (κ1) is 16.0. The minimum Gasteiger partial charge on any atom is -0.399 e. The lowest BCUT2D eigenvalue weighted by molar-refractivity contribution is -0.117. The van der Waals surface area contributed by atoms with Crippen LogP contribution in [0.5, 0.6) is 0 Å². The van der Waals surface area contributed by atoms with Crippen LogP contribution in [0, 0.1) is 18.3 Å². The molecule has 0 fully saturated rings. The van der Waals surface area contributed by atoms with E-state index in [2.05, 4.69) is 11.4 Å². The Kier molecular flexibility index (Phi) is 6.01.